The van der Waals surface area contributed by atoms with Crippen LogP contribution < -0.4 is 0 Å². The van der Waals surface area contributed by atoms with E-state index in [1.54, 1.807) is 0 Å². The Balaban J connectivity index is 3.05. The zero-order valence-corrected chi connectivity index (χ0v) is 4.07. The van der Waals surface area contributed by atoms with Gasteiger partial charge in [0.05, 0.1) is 6.20 Å². The zero-order valence-electron chi connectivity index (χ0n) is 4.07. The molecule has 3 heteroatoms. The Labute approximate surface area is 46.6 Å². The first-order valence-electron chi connectivity index (χ1n) is 2.09. The molecule has 0 radical (unpaired) electrons. The van der Waals surface area contributed by atoms with Crippen LogP contribution in [0.15, 0.2) is 18.6 Å². The van der Waals surface area contributed by atoms with E-state index < -0.39 is 0 Å². The Morgan fingerprint density at radius 3 is 2.75 bits per heavy atom. The molecule has 0 amide bonds. The van der Waals surface area contributed by atoms with Crippen molar-refractivity contribution in [1.82, 2.24) is 9.97 Å². The van der Waals surface area contributed by atoms with Gasteiger partial charge in [-0.3, -0.25) is 4.98 Å². The molecule has 0 aliphatic carbocycles. The Kier molecular flexibility index (Phi) is 1.20. The van der Waals surface area contributed by atoms with E-state index in [2.05, 4.69) is 9.97 Å². The molecule has 38 valence electrons. The average Bonchev–Trinajstić information content (AvgIpc) is 1.90. The van der Waals surface area contributed by atoms with Crippen LogP contribution in [0.2, 0.25) is 0 Å². The van der Waals surface area contributed by atoms with Crippen molar-refractivity contribution in [2.24, 2.45) is 0 Å². The van der Waals surface area contributed by atoms with E-state index in [4.69, 9.17) is 5.26 Å². The topological polar surface area (TPSA) is 49.6 Å². The molecule has 0 aliphatic heterocycles. The molecule has 1 heterocycles. The highest BCUT2D eigenvalue weighted by molar-refractivity contribution is 5.13. The third-order valence-corrected chi connectivity index (χ3v) is 0.678. The fourth-order valence-corrected chi connectivity index (χ4v) is 0.357. The van der Waals surface area contributed by atoms with Gasteiger partial charge in [-0.05, 0) is 0 Å². The van der Waals surface area contributed by atoms with Crippen molar-refractivity contribution in [3.8, 4) is 6.07 Å². The summed E-state index contributed by atoms with van der Waals surface area (Å²) in [6, 6.07) is 1.85. The number of aromatic nitrogens is 2. The monoisotopic (exact) mass is 104 g/mol. The normalized spacial score (nSPS) is 7.88. The minimum atomic E-state index is 0.354. The van der Waals surface area contributed by atoms with E-state index in [0.717, 1.165) is 0 Å². The molecule has 0 aliphatic rings. The van der Waals surface area contributed by atoms with Gasteiger partial charge in [0.1, 0.15) is 6.07 Å². The maximum atomic E-state index is 8.19. The summed E-state index contributed by atoms with van der Waals surface area (Å²) in [7, 11) is 0. The average molecular weight is 104 g/mol. The van der Waals surface area contributed by atoms with Gasteiger partial charge in [-0.2, -0.15) is 5.26 Å². The molecule has 0 spiro atoms. The highest BCUT2D eigenvalue weighted by Crippen LogP contribution is 1.82. The van der Waals surface area contributed by atoms with Crippen LogP contribution >= 0.6 is 0 Å². The van der Waals surface area contributed by atoms with E-state index >= 15 is 0 Å². The molecule has 0 saturated carbocycles. The lowest BCUT2D eigenvalue weighted by atomic mass is 10.1. The third-order valence-electron chi connectivity index (χ3n) is 0.678. The van der Waals surface area contributed by atoms with E-state index in [-0.39, 0.29) is 0 Å². The first-order valence-corrected chi connectivity index (χ1v) is 2.09. The summed E-state index contributed by atoms with van der Waals surface area (Å²) in [6.07, 6.45) is 4.43. The smallest absolute Gasteiger partial charge is 0.158 e. The van der Waals surface area contributed by atoms with Crippen molar-refractivity contribution in [3.63, 3.8) is 0 Å². The van der Waals surface area contributed by atoms with Crippen LogP contribution in [0.1, 0.15) is 5.69 Å². The van der Waals surface area contributed by atoms with Crippen molar-refractivity contribution < 1.29 is 0 Å². The zero-order chi connectivity index (χ0) is 5.82. The molecule has 0 N–H and O–H groups in total. The van der Waals surface area contributed by atoms with Gasteiger partial charge < -0.3 is 0 Å². The van der Waals surface area contributed by atoms with E-state index in [0.29, 0.717) is 5.69 Å². The molecular formula is C5H3N3. The number of nitrogens with zero attached hydrogens (tertiary/aromatic N) is 3. The van der Waals surface area contributed by atoms with Gasteiger partial charge in [0, 0.05) is 12.4 Å². The second-order valence-corrected chi connectivity index (χ2v) is 1.20. The summed E-state index contributed by atoms with van der Waals surface area (Å²) in [5.74, 6) is 0. The largest absolute Gasteiger partial charge is 0.260 e. The van der Waals surface area contributed by atoms with Crippen molar-refractivity contribution in [2.45, 2.75) is 0 Å². The predicted octanol–water partition coefficient (Wildman–Crippen LogP) is 0.348. The lowest BCUT2D eigenvalue weighted by Gasteiger charge is -1.79. The first kappa shape index (κ1) is 4.72. The summed E-state index contributed by atoms with van der Waals surface area (Å²) >= 11 is 0. The number of nitriles is 1. The molecule has 0 saturated heterocycles. The van der Waals surface area contributed by atoms with Crippen LogP contribution in [0.25, 0.3) is 0 Å². The van der Waals surface area contributed by atoms with Crippen LogP contribution in [-0.2, 0) is 0 Å². The van der Waals surface area contributed by atoms with Crippen LogP contribution in [0, 0.1) is 11.3 Å². The molecule has 1 aromatic heterocycles. The number of hydrogen-bond donors (Lipinski definition) is 0. The van der Waals surface area contributed by atoms with Crippen LogP contribution in [0.3, 0.4) is 0 Å². The minimum absolute atomic E-state index is 0.354. The summed E-state index contributed by atoms with van der Waals surface area (Å²) < 4.78 is 0. The molecule has 0 bridgehead atoms. The Hall–Kier alpha value is -1.43. The Morgan fingerprint density at radius 2 is 2.38 bits per heavy atom. The Bertz CT molecular complexity index is 199. The molecule has 0 atom stereocenters. The van der Waals surface area contributed by atoms with Crippen molar-refractivity contribution >= 4 is 0 Å². The summed E-state index contributed by atoms with van der Waals surface area (Å²) in [5, 5.41) is 8.19. The van der Waals surface area contributed by atoms with Crippen molar-refractivity contribution in [1.29, 1.82) is 5.26 Å². The standard InChI is InChI=1S/C5H3N3/c6-3-5-4-7-1-2-8-5/h1-2,4H/i3-1. The number of hydrogen-bond acceptors (Lipinski definition) is 3. The SMILES string of the molecule is N#[11C]c1cnccn1. The van der Waals surface area contributed by atoms with Gasteiger partial charge in [0.2, 0.25) is 0 Å². The fraction of sp³-hybridized carbons (Fsp3) is 0. The summed E-state index contributed by atoms with van der Waals surface area (Å²) in [4.78, 5) is 7.34. The van der Waals surface area contributed by atoms with Crippen molar-refractivity contribution in [2.75, 3.05) is 0 Å². The lowest BCUT2D eigenvalue weighted by Crippen LogP contribution is -1.79. The van der Waals surface area contributed by atoms with Crippen LogP contribution in [0.5, 0.6) is 0 Å². The van der Waals surface area contributed by atoms with E-state index in [1.165, 1.54) is 18.6 Å². The molecule has 0 aromatic carbocycles. The van der Waals surface area contributed by atoms with Gasteiger partial charge in [-0.1, -0.05) is 0 Å². The second-order valence-electron chi connectivity index (χ2n) is 1.20. The summed E-state index contributed by atoms with van der Waals surface area (Å²) in [5.41, 5.74) is 0.354. The van der Waals surface area contributed by atoms with Crippen LogP contribution in [-0.4, -0.2) is 9.97 Å². The van der Waals surface area contributed by atoms with Gasteiger partial charge in [0.15, 0.2) is 5.69 Å². The molecule has 0 unspecified atom stereocenters. The fourth-order valence-electron chi connectivity index (χ4n) is 0.357. The highest BCUT2D eigenvalue weighted by Gasteiger charge is 1.82. The number of rotatable bonds is 0. The Morgan fingerprint density at radius 1 is 1.50 bits per heavy atom. The van der Waals surface area contributed by atoms with Crippen LogP contribution in [0.4, 0.5) is 0 Å². The quantitative estimate of drug-likeness (QED) is 0.477. The second kappa shape index (κ2) is 2.03. The lowest BCUT2D eigenvalue weighted by molar-refractivity contribution is 1.16. The highest BCUT2D eigenvalue weighted by atomic mass is 14.7. The first-order chi connectivity index (χ1) is 3.93. The van der Waals surface area contributed by atoms with Gasteiger partial charge in [-0.25, -0.2) is 4.98 Å². The third kappa shape index (κ3) is 0.793. The molecule has 1 rings (SSSR count). The minimum Gasteiger partial charge on any atom is -0.260 e. The maximum absolute atomic E-state index is 8.19. The molecule has 3 nitrogen and oxygen atoms in total. The molecule has 8 heavy (non-hydrogen) atoms. The van der Waals surface area contributed by atoms with Gasteiger partial charge in [-0.15, -0.1) is 0 Å². The van der Waals surface area contributed by atoms with Gasteiger partial charge >= 0.3 is 0 Å². The summed E-state index contributed by atoms with van der Waals surface area (Å²) in [6.45, 7) is 0. The van der Waals surface area contributed by atoms with E-state index in [1.807, 2.05) is 6.07 Å². The predicted molar refractivity (Wildman–Crippen MR) is 26.7 cm³/mol. The van der Waals surface area contributed by atoms with E-state index in [9.17, 15) is 0 Å². The van der Waals surface area contributed by atoms with Crippen molar-refractivity contribution in [3.05, 3.63) is 24.3 Å². The molecular weight excluding hydrogens is 101 g/mol. The molecule has 1 aromatic rings. The molecule has 0 fully saturated rings. The van der Waals surface area contributed by atoms with Gasteiger partial charge in [0.25, 0.3) is 0 Å². The maximum Gasteiger partial charge on any atom is 0.158 e.